The summed E-state index contributed by atoms with van der Waals surface area (Å²) in [5, 5.41) is 39.0. The van der Waals surface area contributed by atoms with Crippen LogP contribution in [0.3, 0.4) is 0 Å². The van der Waals surface area contributed by atoms with Crippen molar-refractivity contribution in [3.8, 4) is 11.5 Å². The van der Waals surface area contributed by atoms with E-state index in [-0.39, 0.29) is 12.4 Å². The number of carbonyl (C=O) groups is 1. The molecule has 0 fully saturated rings. The van der Waals surface area contributed by atoms with Gasteiger partial charge in [0.1, 0.15) is 29.7 Å². The highest BCUT2D eigenvalue weighted by atomic mass is 16.6. The van der Waals surface area contributed by atoms with E-state index in [9.17, 15) is 25.2 Å². The van der Waals surface area contributed by atoms with E-state index >= 15 is 0 Å². The molecule has 0 amide bonds. The second-order valence-corrected chi connectivity index (χ2v) is 4.92. The van der Waals surface area contributed by atoms with Crippen LogP contribution in [0.5, 0.6) is 11.5 Å². The first-order valence-electron chi connectivity index (χ1n) is 6.69. The van der Waals surface area contributed by atoms with Crippen LogP contribution in [-0.2, 0) is 9.53 Å². The summed E-state index contributed by atoms with van der Waals surface area (Å²) in [7, 11) is 0. The zero-order chi connectivity index (χ0) is 16.6. The molecule has 2 unspecified atom stereocenters. The number of hydrogen-bond acceptors (Lipinski definition) is 8. The molecule has 0 radical (unpaired) electrons. The molecule has 1 aromatic carbocycles. The minimum Gasteiger partial charge on any atom is -0.506 e. The van der Waals surface area contributed by atoms with E-state index in [4.69, 9.17) is 4.74 Å². The van der Waals surface area contributed by atoms with E-state index in [2.05, 4.69) is 9.72 Å². The molecule has 23 heavy (non-hydrogen) atoms. The topological polar surface area (TPSA) is 129 Å². The Bertz CT molecular complexity index is 802. The van der Waals surface area contributed by atoms with Gasteiger partial charge in [-0.05, 0) is 24.3 Å². The van der Waals surface area contributed by atoms with Gasteiger partial charge in [0.25, 0.3) is 0 Å². The molecule has 8 heteroatoms. The number of aliphatic hydroxyl groups excluding tert-OH is 3. The number of aromatic hydroxyl groups is 1. The van der Waals surface area contributed by atoms with Crippen molar-refractivity contribution in [1.29, 1.82) is 0 Å². The number of hydrogen-bond donors (Lipinski definition) is 4. The molecule has 0 bridgehead atoms. The third-order valence-electron chi connectivity index (χ3n) is 3.41. The number of rotatable bonds is 4. The fourth-order valence-electron chi connectivity index (χ4n) is 2.25. The number of benzene rings is 1. The first kappa shape index (κ1) is 14.9. The van der Waals surface area contributed by atoms with Gasteiger partial charge in [0.15, 0.2) is 11.9 Å². The Kier molecular flexibility index (Phi) is 3.67. The smallest absolute Gasteiger partial charge is 0.377 e. The first-order valence-corrected chi connectivity index (χ1v) is 6.69. The summed E-state index contributed by atoms with van der Waals surface area (Å²) >= 11 is 0. The van der Waals surface area contributed by atoms with Gasteiger partial charge in [-0.3, -0.25) is 4.98 Å². The molecule has 1 aliphatic heterocycles. The Balaban J connectivity index is 1.77. The van der Waals surface area contributed by atoms with Crippen LogP contribution in [-0.4, -0.2) is 50.2 Å². The summed E-state index contributed by atoms with van der Waals surface area (Å²) in [6.07, 6.45) is -1.25. The van der Waals surface area contributed by atoms with Gasteiger partial charge in [0.05, 0.1) is 0 Å². The number of pyridine rings is 1. The molecule has 3 rings (SSSR count). The fraction of sp³-hybridized carbons (Fsp3) is 0.200. The Morgan fingerprint density at radius 2 is 2.04 bits per heavy atom. The number of cyclic esters (lactones) is 1. The number of esters is 1. The summed E-state index contributed by atoms with van der Waals surface area (Å²) in [6.45, 7) is -0.315. The summed E-state index contributed by atoms with van der Waals surface area (Å²) in [6, 6.07) is 6.24. The molecule has 8 nitrogen and oxygen atoms in total. The minimum atomic E-state index is -1.39. The maximum absolute atomic E-state index is 11.1. The molecule has 4 N–H and O–H groups in total. The zero-order valence-electron chi connectivity index (χ0n) is 11.7. The van der Waals surface area contributed by atoms with Crippen molar-refractivity contribution in [2.24, 2.45) is 0 Å². The van der Waals surface area contributed by atoms with Gasteiger partial charge < -0.3 is 29.9 Å². The van der Waals surface area contributed by atoms with Crippen molar-refractivity contribution < 1.29 is 34.7 Å². The highest BCUT2D eigenvalue weighted by Gasteiger charge is 2.39. The van der Waals surface area contributed by atoms with Crippen molar-refractivity contribution in [3.63, 3.8) is 0 Å². The fourth-order valence-corrected chi connectivity index (χ4v) is 2.25. The lowest BCUT2D eigenvalue weighted by Gasteiger charge is -2.18. The average Bonchev–Trinajstić information content (AvgIpc) is 2.82. The van der Waals surface area contributed by atoms with Crippen LogP contribution in [0, 0.1) is 0 Å². The second kappa shape index (κ2) is 5.65. The standard InChI is InChI=1S/C15H13NO7/c17-8-3-4-10(7-2-1-5-16-11(7)8)22-6-9(18)14-12(19)13(20)15(21)23-14/h1-5,9,14,17-20H,6H2. The van der Waals surface area contributed by atoms with Crippen LogP contribution in [0.25, 0.3) is 10.9 Å². The molecule has 120 valence electrons. The predicted molar refractivity (Wildman–Crippen MR) is 77.1 cm³/mol. The van der Waals surface area contributed by atoms with E-state index in [1.165, 1.54) is 18.3 Å². The molecule has 2 heterocycles. The monoisotopic (exact) mass is 319 g/mol. The normalized spacial score (nSPS) is 19.0. The third-order valence-corrected chi connectivity index (χ3v) is 3.41. The number of aliphatic hydroxyl groups is 3. The number of phenols is 1. The summed E-state index contributed by atoms with van der Waals surface area (Å²) in [5.74, 6) is -2.42. The third kappa shape index (κ3) is 2.59. The molecule has 0 aliphatic carbocycles. The number of nitrogens with zero attached hydrogens (tertiary/aromatic N) is 1. The van der Waals surface area contributed by atoms with Gasteiger partial charge in [-0.1, -0.05) is 0 Å². The van der Waals surface area contributed by atoms with E-state index in [0.717, 1.165) is 0 Å². The minimum absolute atomic E-state index is 0.0104. The molecule has 2 aromatic rings. The molecular weight excluding hydrogens is 306 g/mol. The summed E-state index contributed by atoms with van der Waals surface area (Å²) < 4.78 is 10.1. The molecular formula is C15H13NO7. The maximum atomic E-state index is 11.1. The summed E-state index contributed by atoms with van der Waals surface area (Å²) in [5.41, 5.74) is 0.340. The number of ether oxygens (including phenoxy) is 2. The predicted octanol–water partition coefficient (Wildman–Crippen LogP) is 0.933. The van der Waals surface area contributed by atoms with Gasteiger partial charge in [-0.15, -0.1) is 0 Å². The van der Waals surface area contributed by atoms with Crippen LogP contribution < -0.4 is 4.74 Å². The average molecular weight is 319 g/mol. The van der Waals surface area contributed by atoms with Crippen molar-refractivity contribution in [1.82, 2.24) is 4.98 Å². The maximum Gasteiger partial charge on any atom is 0.377 e. The van der Waals surface area contributed by atoms with E-state index < -0.39 is 29.7 Å². The Hall–Kier alpha value is -3.00. The quantitative estimate of drug-likeness (QED) is 0.613. The lowest BCUT2D eigenvalue weighted by molar-refractivity contribution is -0.147. The van der Waals surface area contributed by atoms with Crippen LogP contribution in [0.2, 0.25) is 0 Å². The second-order valence-electron chi connectivity index (χ2n) is 4.92. The largest absolute Gasteiger partial charge is 0.506 e. The number of fused-ring (bicyclic) bond motifs is 1. The molecule has 0 saturated carbocycles. The molecule has 2 atom stereocenters. The van der Waals surface area contributed by atoms with Crippen molar-refractivity contribution in [2.45, 2.75) is 12.2 Å². The van der Waals surface area contributed by atoms with Crippen LogP contribution in [0.15, 0.2) is 42.0 Å². The SMILES string of the molecule is O=C1OC(C(O)COc2ccc(O)c3ncccc23)C(O)=C1O. The Morgan fingerprint density at radius 1 is 1.26 bits per heavy atom. The van der Waals surface area contributed by atoms with Crippen molar-refractivity contribution in [3.05, 3.63) is 42.0 Å². The Morgan fingerprint density at radius 3 is 2.74 bits per heavy atom. The van der Waals surface area contributed by atoms with Gasteiger partial charge in [-0.25, -0.2) is 4.79 Å². The van der Waals surface area contributed by atoms with Crippen molar-refractivity contribution >= 4 is 16.9 Å². The van der Waals surface area contributed by atoms with Gasteiger partial charge in [0.2, 0.25) is 5.76 Å². The molecule has 1 aliphatic rings. The Labute approximate surface area is 129 Å². The summed E-state index contributed by atoms with van der Waals surface area (Å²) in [4.78, 5) is 15.1. The van der Waals surface area contributed by atoms with Crippen molar-refractivity contribution in [2.75, 3.05) is 6.61 Å². The number of aromatic nitrogens is 1. The van der Waals surface area contributed by atoms with Gasteiger partial charge in [-0.2, -0.15) is 0 Å². The van der Waals surface area contributed by atoms with E-state index in [0.29, 0.717) is 16.7 Å². The molecule has 1 aromatic heterocycles. The van der Waals surface area contributed by atoms with Crippen LogP contribution >= 0.6 is 0 Å². The zero-order valence-corrected chi connectivity index (χ0v) is 11.7. The lowest BCUT2D eigenvalue weighted by atomic mass is 10.1. The van der Waals surface area contributed by atoms with Gasteiger partial charge >= 0.3 is 5.97 Å². The molecule has 0 spiro atoms. The van der Waals surface area contributed by atoms with Crippen LogP contribution in [0.1, 0.15) is 0 Å². The number of carbonyl (C=O) groups excluding carboxylic acids is 1. The van der Waals surface area contributed by atoms with Crippen LogP contribution in [0.4, 0.5) is 0 Å². The van der Waals surface area contributed by atoms with E-state index in [1.807, 2.05) is 0 Å². The van der Waals surface area contributed by atoms with E-state index in [1.54, 1.807) is 12.1 Å². The number of phenolic OH excluding ortho intramolecular Hbond substituents is 1. The first-order chi connectivity index (χ1) is 11.0. The molecule has 0 saturated heterocycles. The van der Waals surface area contributed by atoms with Gasteiger partial charge in [0, 0.05) is 11.6 Å². The highest BCUT2D eigenvalue weighted by molar-refractivity contribution is 5.90. The lowest BCUT2D eigenvalue weighted by Crippen LogP contribution is -2.33. The highest BCUT2D eigenvalue weighted by Crippen LogP contribution is 2.31.